The Balaban J connectivity index is 1.57. The largest absolute Gasteiger partial charge is 0.477 e. The summed E-state index contributed by atoms with van der Waals surface area (Å²) < 4.78 is 5.95. The highest BCUT2D eigenvalue weighted by Crippen LogP contribution is 2.31. The normalized spacial score (nSPS) is 10.9. The number of nitrogens with zero attached hydrogens (tertiary/aromatic N) is 1. The molecule has 0 saturated heterocycles. The number of aryl methyl sites for hydroxylation is 1. The van der Waals surface area contributed by atoms with E-state index < -0.39 is 5.97 Å². The minimum atomic E-state index is -0.924. The van der Waals surface area contributed by atoms with Crippen molar-refractivity contribution in [3.8, 4) is 22.1 Å². The smallest absolute Gasteiger partial charge is 0.347 e. The summed E-state index contributed by atoms with van der Waals surface area (Å²) in [6, 6.07) is 21.7. The maximum atomic E-state index is 11.3. The van der Waals surface area contributed by atoms with E-state index in [2.05, 4.69) is 17.1 Å². The van der Waals surface area contributed by atoms with Crippen molar-refractivity contribution in [1.82, 2.24) is 4.98 Å². The molecule has 1 N–H and O–H groups in total. The molecule has 0 fully saturated rings. The van der Waals surface area contributed by atoms with Gasteiger partial charge in [0.05, 0.1) is 5.69 Å². The molecular weight excluding hydrogens is 358 g/mol. The van der Waals surface area contributed by atoms with Crippen molar-refractivity contribution in [2.24, 2.45) is 0 Å². The fraction of sp³-hybridized carbons (Fsp3) is 0.0909. The molecule has 0 aliphatic heterocycles. The summed E-state index contributed by atoms with van der Waals surface area (Å²) in [7, 11) is 0. The fourth-order valence-corrected chi connectivity index (χ4v) is 3.91. The number of hydrogen-bond acceptors (Lipinski definition) is 4. The lowest BCUT2D eigenvalue weighted by molar-refractivity contribution is 0.0701. The first-order chi connectivity index (χ1) is 13.1. The molecule has 4 aromatic rings. The van der Waals surface area contributed by atoms with E-state index in [1.165, 1.54) is 16.7 Å². The number of thiazole rings is 1. The van der Waals surface area contributed by atoms with Gasteiger partial charge in [0.2, 0.25) is 0 Å². The van der Waals surface area contributed by atoms with Gasteiger partial charge in [-0.15, -0.1) is 11.3 Å². The van der Waals surface area contributed by atoms with Crippen LogP contribution in [0.2, 0.25) is 0 Å². The predicted molar refractivity (Wildman–Crippen MR) is 108 cm³/mol. The number of rotatable bonds is 5. The summed E-state index contributed by atoms with van der Waals surface area (Å²) in [6.45, 7) is 1.91. The highest BCUT2D eigenvalue weighted by molar-refractivity contribution is 7.17. The molecule has 1 heterocycles. The van der Waals surface area contributed by atoms with Crippen LogP contribution >= 0.6 is 11.3 Å². The van der Waals surface area contributed by atoms with Gasteiger partial charge in [0.15, 0.2) is 0 Å². The summed E-state index contributed by atoms with van der Waals surface area (Å²) in [5.74, 6) is 0.573. The van der Waals surface area contributed by atoms with Crippen LogP contribution in [0.1, 0.15) is 22.3 Å². The minimum absolute atomic E-state index is 0.309. The second kappa shape index (κ2) is 7.21. The Morgan fingerprint density at radius 3 is 2.37 bits per heavy atom. The predicted octanol–water partition coefficient (Wildman–Crippen LogP) is 6.02. The van der Waals surface area contributed by atoms with Crippen LogP contribution in [0.25, 0.3) is 21.3 Å². The van der Waals surface area contributed by atoms with Crippen LogP contribution in [0.3, 0.4) is 0 Å². The van der Waals surface area contributed by atoms with Crippen LogP contribution < -0.4 is 4.74 Å². The van der Waals surface area contributed by atoms with Crippen molar-refractivity contribution >= 4 is 28.1 Å². The lowest BCUT2D eigenvalue weighted by Crippen LogP contribution is -1.97. The van der Waals surface area contributed by atoms with E-state index >= 15 is 0 Å². The van der Waals surface area contributed by atoms with Gasteiger partial charge < -0.3 is 9.84 Å². The lowest BCUT2D eigenvalue weighted by Gasteiger charge is -2.07. The van der Waals surface area contributed by atoms with Gasteiger partial charge in [-0.25, -0.2) is 9.78 Å². The zero-order valence-corrected chi connectivity index (χ0v) is 15.5. The lowest BCUT2D eigenvalue weighted by atomic mass is 10.1. The fourth-order valence-electron chi connectivity index (χ4n) is 2.91. The molecule has 4 nitrogen and oxygen atoms in total. The Bertz CT molecular complexity index is 1120. The standard InChI is InChI=1S/C22H17NO3S/c1-2-19-20(22(24)25)27-21(23-19)15-8-10-17(11-9-15)26-18-12-7-14-5-3-4-6-16(14)13-18/h3-13H,2H2,1H3,(H,24,25). The highest BCUT2D eigenvalue weighted by Gasteiger charge is 2.16. The number of aromatic nitrogens is 1. The van der Waals surface area contributed by atoms with Gasteiger partial charge in [0.1, 0.15) is 21.4 Å². The first-order valence-electron chi connectivity index (χ1n) is 8.64. The van der Waals surface area contributed by atoms with Crippen LogP contribution in [0, 0.1) is 0 Å². The molecule has 5 heteroatoms. The van der Waals surface area contributed by atoms with Crippen LogP contribution in [-0.4, -0.2) is 16.1 Å². The molecule has 4 rings (SSSR count). The van der Waals surface area contributed by atoms with E-state index in [9.17, 15) is 9.90 Å². The summed E-state index contributed by atoms with van der Waals surface area (Å²) in [4.78, 5) is 16.1. The molecule has 0 spiro atoms. The Hall–Kier alpha value is -3.18. The SMILES string of the molecule is CCc1nc(-c2ccc(Oc3ccc4ccccc4c3)cc2)sc1C(=O)O. The Kier molecular flexibility index (Phi) is 4.60. The van der Waals surface area contributed by atoms with Gasteiger partial charge in [-0.2, -0.15) is 0 Å². The number of benzene rings is 3. The Morgan fingerprint density at radius 1 is 1.00 bits per heavy atom. The van der Waals surface area contributed by atoms with E-state index in [1.807, 2.05) is 61.5 Å². The van der Waals surface area contributed by atoms with Crippen molar-refractivity contribution in [2.45, 2.75) is 13.3 Å². The van der Waals surface area contributed by atoms with Crippen molar-refractivity contribution in [3.63, 3.8) is 0 Å². The number of hydrogen-bond donors (Lipinski definition) is 1. The van der Waals surface area contributed by atoms with E-state index in [-0.39, 0.29) is 0 Å². The third-order valence-electron chi connectivity index (χ3n) is 4.28. The van der Waals surface area contributed by atoms with Crippen LogP contribution in [-0.2, 0) is 6.42 Å². The van der Waals surface area contributed by atoms with Crippen LogP contribution in [0.5, 0.6) is 11.5 Å². The van der Waals surface area contributed by atoms with E-state index in [1.54, 1.807) is 0 Å². The van der Waals surface area contributed by atoms with Gasteiger partial charge in [-0.05, 0) is 53.6 Å². The highest BCUT2D eigenvalue weighted by atomic mass is 32.1. The summed E-state index contributed by atoms with van der Waals surface area (Å²) in [5.41, 5.74) is 1.51. The molecule has 0 unspecified atom stereocenters. The maximum Gasteiger partial charge on any atom is 0.347 e. The molecule has 0 atom stereocenters. The third kappa shape index (κ3) is 3.55. The van der Waals surface area contributed by atoms with Gasteiger partial charge in [0, 0.05) is 5.56 Å². The van der Waals surface area contributed by atoms with Crippen LogP contribution in [0.15, 0.2) is 66.7 Å². The maximum absolute atomic E-state index is 11.3. The topological polar surface area (TPSA) is 59.4 Å². The van der Waals surface area contributed by atoms with Crippen molar-refractivity contribution in [2.75, 3.05) is 0 Å². The van der Waals surface area contributed by atoms with E-state index in [0.717, 1.165) is 22.4 Å². The number of aromatic carboxylic acids is 1. The minimum Gasteiger partial charge on any atom is -0.477 e. The molecule has 0 amide bonds. The molecule has 0 radical (unpaired) electrons. The Morgan fingerprint density at radius 2 is 1.70 bits per heavy atom. The van der Waals surface area contributed by atoms with Gasteiger partial charge in [-0.3, -0.25) is 0 Å². The van der Waals surface area contributed by atoms with Crippen molar-refractivity contribution in [3.05, 3.63) is 77.3 Å². The first-order valence-corrected chi connectivity index (χ1v) is 9.46. The molecular formula is C22H17NO3S. The van der Waals surface area contributed by atoms with Crippen molar-refractivity contribution < 1.29 is 14.6 Å². The monoisotopic (exact) mass is 375 g/mol. The molecule has 0 aliphatic carbocycles. The number of fused-ring (bicyclic) bond motifs is 1. The molecule has 0 bridgehead atoms. The number of carboxylic acids is 1. The van der Waals surface area contributed by atoms with Crippen molar-refractivity contribution in [1.29, 1.82) is 0 Å². The van der Waals surface area contributed by atoms with Gasteiger partial charge in [-0.1, -0.05) is 37.3 Å². The number of ether oxygens (including phenoxy) is 1. The Labute approximate surface area is 160 Å². The van der Waals surface area contributed by atoms with Gasteiger partial charge >= 0.3 is 5.97 Å². The van der Waals surface area contributed by atoms with E-state index in [0.29, 0.717) is 22.0 Å². The van der Waals surface area contributed by atoms with E-state index in [4.69, 9.17) is 4.74 Å². The average molecular weight is 375 g/mol. The third-order valence-corrected chi connectivity index (χ3v) is 5.42. The first kappa shape index (κ1) is 17.2. The number of carboxylic acid groups (broad SMARTS) is 1. The second-order valence-electron chi connectivity index (χ2n) is 6.09. The molecule has 3 aromatic carbocycles. The molecule has 0 saturated carbocycles. The summed E-state index contributed by atoms with van der Waals surface area (Å²) in [5, 5.41) is 12.3. The molecule has 27 heavy (non-hydrogen) atoms. The number of carbonyl (C=O) groups is 1. The van der Waals surface area contributed by atoms with Crippen LogP contribution in [0.4, 0.5) is 0 Å². The molecule has 0 aliphatic rings. The average Bonchev–Trinajstić information content (AvgIpc) is 3.13. The second-order valence-corrected chi connectivity index (χ2v) is 7.09. The molecule has 134 valence electrons. The summed E-state index contributed by atoms with van der Waals surface area (Å²) >= 11 is 1.21. The molecule has 1 aromatic heterocycles. The van der Waals surface area contributed by atoms with Gasteiger partial charge in [0.25, 0.3) is 0 Å². The summed E-state index contributed by atoms with van der Waals surface area (Å²) in [6.07, 6.45) is 0.599. The zero-order chi connectivity index (χ0) is 18.8. The zero-order valence-electron chi connectivity index (χ0n) is 14.7. The quantitative estimate of drug-likeness (QED) is 0.464.